The number of halogens is 2. The molecule has 0 aliphatic carbocycles. The van der Waals surface area contributed by atoms with Crippen LogP contribution in [0.2, 0.25) is 0 Å². The Morgan fingerprint density at radius 2 is 1.94 bits per heavy atom. The first-order valence-corrected chi connectivity index (χ1v) is 8.69. The maximum Gasteiger partial charge on any atom is 0.236 e. The Morgan fingerprint density at radius 1 is 1.29 bits per heavy atom. The van der Waals surface area contributed by atoms with E-state index < -0.39 is 9.05 Å². The minimum atomic E-state index is -3.54. The number of anilines is 1. The molecule has 3 nitrogen and oxygen atoms in total. The molecule has 0 atom stereocenters. The van der Waals surface area contributed by atoms with Crippen molar-refractivity contribution in [2.24, 2.45) is 0 Å². The van der Waals surface area contributed by atoms with Crippen LogP contribution in [0.25, 0.3) is 0 Å². The molecule has 0 radical (unpaired) electrons. The van der Waals surface area contributed by atoms with Crippen LogP contribution in [0, 0.1) is 0 Å². The largest absolute Gasteiger partial charge is 0.371 e. The Kier molecular flexibility index (Phi) is 4.00. The highest BCUT2D eigenvalue weighted by atomic mass is 79.9. The van der Waals surface area contributed by atoms with E-state index in [1.54, 1.807) is 0 Å². The van der Waals surface area contributed by atoms with Crippen molar-refractivity contribution in [3.05, 3.63) is 28.2 Å². The minimum absolute atomic E-state index is 0.137. The third-order valence-corrected chi connectivity index (χ3v) is 4.56. The first-order valence-electron chi connectivity index (χ1n) is 5.42. The van der Waals surface area contributed by atoms with Crippen molar-refractivity contribution in [3.63, 3.8) is 0 Å². The van der Waals surface area contributed by atoms with E-state index in [1.807, 2.05) is 18.2 Å². The molecular weight excluding hydrogens is 326 g/mol. The Balaban J connectivity index is 2.40. The molecule has 1 aliphatic rings. The molecule has 0 spiro atoms. The van der Waals surface area contributed by atoms with E-state index in [2.05, 4.69) is 20.8 Å². The van der Waals surface area contributed by atoms with Crippen molar-refractivity contribution in [3.8, 4) is 0 Å². The predicted molar refractivity (Wildman–Crippen MR) is 74.1 cm³/mol. The van der Waals surface area contributed by atoms with E-state index in [0.717, 1.165) is 41.7 Å². The second-order valence-electron chi connectivity index (χ2n) is 4.11. The fourth-order valence-corrected chi connectivity index (χ4v) is 3.77. The molecule has 0 N–H and O–H groups in total. The van der Waals surface area contributed by atoms with Crippen molar-refractivity contribution >= 4 is 41.4 Å². The molecule has 2 rings (SSSR count). The van der Waals surface area contributed by atoms with Crippen LogP contribution in [0.15, 0.2) is 22.7 Å². The van der Waals surface area contributed by atoms with Crippen LogP contribution in [0.1, 0.15) is 18.4 Å². The second kappa shape index (κ2) is 5.16. The zero-order chi connectivity index (χ0) is 12.5. The van der Waals surface area contributed by atoms with Crippen molar-refractivity contribution in [2.45, 2.75) is 18.6 Å². The summed E-state index contributed by atoms with van der Waals surface area (Å²) < 4.78 is 23.3. The fourth-order valence-electron chi connectivity index (χ4n) is 2.12. The summed E-state index contributed by atoms with van der Waals surface area (Å²) in [5.41, 5.74) is 1.73. The Hall–Kier alpha value is -0.260. The summed E-state index contributed by atoms with van der Waals surface area (Å²) in [4.78, 5) is 2.21. The van der Waals surface area contributed by atoms with Gasteiger partial charge in [0.15, 0.2) is 0 Å². The lowest BCUT2D eigenvalue weighted by molar-refractivity contribution is 0.608. The topological polar surface area (TPSA) is 37.4 Å². The van der Waals surface area contributed by atoms with Crippen LogP contribution in [-0.4, -0.2) is 21.5 Å². The van der Waals surface area contributed by atoms with Crippen LogP contribution in [0.4, 0.5) is 5.69 Å². The highest BCUT2D eigenvalue weighted by Gasteiger charge is 2.20. The van der Waals surface area contributed by atoms with Crippen LogP contribution in [0.3, 0.4) is 0 Å². The molecule has 0 bridgehead atoms. The Morgan fingerprint density at radius 3 is 2.53 bits per heavy atom. The van der Waals surface area contributed by atoms with Crippen molar-refractivity contribution in [1.82, 2.24) is 0 Å². The van der Waals surface area contributed by atoms with Crippen molar-refractivity contribution in [2.75, 3.05) is 18.0 Å². The second-order valence-corrected chi connectivity index (χ2v) is 7.75. The van der Waals surface area contributed by atoms with Gasteiger partial charge in [0.2, 0.25) is 9.05 Å². The van der Waals surface area contributed by atoms with E-state index in [1.165, 1.54) is 0 Å². The molecule has 1 aromatic rings. The summed E-state index contributed by atoms with van der Waals surface area (Å²) in [6, 6.07) is 5.71. The highest BCUT2D eigenvalue weighted by molar-refractivity contribution is 9.10. The number of nitrogens with zero attached hydrogens (tertiary/aromatic N) is 1. The first-order chi connectivity index (χ1) is 7.97. The van der Waals surface area contributed by atoms with Crippen molar-refractivity contribution < 1.29 is 8.42 Å². The van der Waals surface area contributed by atoms with Gasteiger partial charge in [0.25, 0.3) is 0 Å². The van der Waals surface area contributed by atoms with Gasteiger partial charge in [-0.3, -0.25) is 0 Å². The van der Waals surface area contributed by atoms with Gasteiger partial charge in [-0.05, 0) is 25.0 Å². The van der Waals surface area contributed by atoms with Crippen LogP contribution >= 0.6 is 26.6 Å². The average Bonchev–Trinajstić information content (AvgIpc) is 2.72. The molecule has 94 valence electrons. The van der Waals surface area contributed by atoms with E-state index in [4.69, 9.17) is 10.7 Å². The highest BCUT2D eigenvalue weighted by Crippen LogP contribution is 2.32. The van der Waals surface area contributed by atoms with Gasteiger partial charge in [-0.1, -0.05) is 22.0 Å². The third-order valence-electron chi connectivity index (χ3n) is 2.86. The lowest BCUT2D eigenvalue weighted by Gasteiger charge is -2.21. The third kappa shape index (κ3) is 3.36. The zero-order valence-corrected chi connectivity index (χ0v) is 12.4. The molecule has 17 heavy (non-hydrogen) atoms. The van der Waals surface area contributed by atoms with Gasteiger partial charge in [-0.25, -0.2) is 8.42 Å². The minimum Gasteiger partial charge on any atom is -0.371 e. The number of benzene rings is 1. The number of rotatable bonds is 3. The smallest absolute Gasteiger partial charge is 0.236 e. The maximum atomic E-state index is 11.2. The van der Waals surface area contributed by atoms with Crippen molar-refractivity contribution in [1.29, 1.82) is 0 Å². The molecule has 0 amide bonds. The summed E-state index contributed by atoms with van der Waals surface area (Å²) in [7, 11) is 1.82. The van der Waals surface area contributed by atoms with Gasteiger partial charge >= 0.3 is 0 Å². The normalized spacial score (nSPS) is 16.5. The maximum absolute atomic E-state index is 11.2. The van der Waals surface area contributed by atoms with Gasteiger partial charge in [-0.2, -0.15) is 0 Å². The van der Waals surface area contributed by atoms with E-state index in [-0.39, 0.29) is 5.75 Å². The van der Waals surface area contributed by atoms with Gasteiger partial charge in [-0.15, -0.1) is 0 Å². The van der Waals surface area contributed by atoms with Gasteiger partial charge in [0.05, 0.1) is 5.75 Å². The predicted octanol–water partition coefficient (Wildman–Crippen LogP) is 3.12. The molecule has 6 heteroatoms. The molecule has 0 saturated carbocycles. The molecule has 1 heterocycles. The molecule has 0 unspecified atom stereocenters. The monoisotopic (exact) mass is 337 g/mol. The van der Waals surface area contributed by atoms with E-state index >= 15 is 0 Å². The molecule has 1 fully saturated rings. The molecular formula is C11H13BrClNO2S. The molecule has 1 aliphatic heterocycles. The van der Waals surface area contributed by atoms with Crippen LogP contribution < -0.4 is 4.90 Å². The molecule has 1 saturated heterocycles. The van der Waals surface area contributed by atoms with Gasteiger partial charge in [0.1, 0.15) is 0 Å². The van der Waals surface area contributed by atoms with E-state index in [9.17, 15) is 8.42 Å². The lowest BCUT2D eigenvalue weighted by atomic mass is 10.2. The fraction of sp³-hybridized carbons (Fsp3) is 0.455. The summed E-state index contributed by atoms with van der Waals surface area (Å²) in [6.07, 6.45) is 2.30. The van der Waals surface area contributed by atoms with Gasteiger partial charge in [0, 0.05) is 39.5 Å². The zero-order valence-electron chi connectivity index (χ0n) is 9.20. The Bertz CT molecular complexity index is 512. The summed E-state index contributed by atoms with van der Waals surface area (Å²) >= 11 is 3.40. The summed E-state index contributed by atoms with van der Waals surface area (Å²) in [6.45, 7) is 1.96. The van der Waals surface area contributed by atoms with Crippen LogP contribution in [0.5, 0.6) is 0 Å². The standard InChI is InChI=1S/C11H13BrClNO2S/c12-10-4-3-5-11(14-6-1-2-7-14)9(10)8-17(13,15)16/h3-5H,1-2,6-8H2. The summed E-state index contributed by atoms with van der Waals surface area (Å²) in [5.74, 6) is -0.137. The number of hydrogen-bond acceptors (Lipinski definition) is 3. The molecule has 0 aromatic heterocycles. The van der Waals surface area contributed by atoms with E-state index in [0.29, 0.717) is 0 Å². The molecule has 1 aromatic carbocycles. The number of hydrogen-bond donors (Lipinski definition) is 0. The van der Waals surface area contributed by atoms with Gasteiger partial charge < -0.3 is 4.90 Å². The first kappa shape index (κ1) is 13.2. The lowest BCUT2D eigenvalue weighted by Crippen LogP contribution is -2.20. The average molecular weight is 339 g/mol. The summed E-state index contributed by atoms with van der Waals surface area (Å²) in [5, 5.41) is 0. The van der Waals surface area contributed by atoms with Crippen LogP contribution in [-0.2, 0) is 14.8 Å². The quantitative estimate of drug-likeness (QED) is 0.795. The Labute approximate surface area is 114 Å². The SMILES string of the molecule is O=S(=O)(Cl)Cc1c(Br)cccc1N1CCCC1.